The summed E-state index contributed by atoms with van der Waals surface area (Å²) in [6.07, 6.45) is 2.05. The molecule has 0 unspecified atom stereocenters. The Kier molecular flexibility index (Phi) is 6.82. The summed E-state index contributed by atoms with van der Waals surface area (Å²) in [5.41, 5.74) is 5.33. The molecule has 0 heterocycles. The second-order valence-electron chi connectivity index (χ2n) is 3.76. The third-order valence-corrected chi connectivity index (χ3v) is 2.26. The van der Waals surface area contributed by atoms with Gasteiger partial charge >= 0.3 is 0 Å². The molecule has 4 nitrogen and oxygen atoms in total. The van der Waals surface area contributed by atoms with Gasteiger partial charge in [-0.2, -0.15) is 0 Å². The molecule has 1 rings (SSSR count). The summed E-state index contributed by atoms with van der Waals surface area (Å²) in [4.78, 5) is 11.3. The van der Waals surface area contributed by atoms with Crippen LogP contribution in [0.4, 0.5) is 0 Å². The van der Waals surface area contributed by atoms with Gasteiger partial charge < -0.3 is 15.8 Å². The molecular weight excluding hydrogens is 216 g/mol. The van der Waals surface area contributed by atoms with Crippen molar-refractivity contribution < 1.29 is 9.53 Å². The first kappa shape index (κ1) is 13.5. The Bertz CT molecular complexity index is 314. The Morgan fingerprint density at radius 2 is 2.00 bits per heavy atom. The molecule has 1 aromatic carbocycles. The number of rotatable bonds is 8. The third-order valence-electron chi connectivity index (χ3n) is 2.26. The summed E-state index contributed by atoms with van der Waals surface area (Å²) in [7, 11) is 0. The first-order valence-electron chi connectivity index (χ1n) is 5.97. The minimum atomic E-state index is 0.0649. The topological polar surface area (TPSA) is 64.3 Å². The molecule has 0 aliphatic heterocycles. The number of benzene rings is 1. The standard InChI is InChI=1S/C13H20N2O2/c14-9-5-10-15-13(16)8-4-11-17-12-6-2-1-3-7-12/h1-3,6-7H,4-5,8-11,14H2,(H,15,16). The van der Waals surface area contributed by atoms with Crippen molar-refractivity contribution in [2.75, 3.05) is 19.7 Å². The Morgan fingerprint density at radius 1 is 1.24 bits per heavy atom. The highest BCUT2D eigenvalue weighted by Gasteiger charge is 2.00. The predicted octanol–water partition coefficient (Wildman–Crippen LogP) is 1.31. The zero-order chi connectivity index (χ0) is 12.3. The number of carbonyl (C=O) groups excluding carboxylic acids is 1. The Labute approximate surface area is 102 Å². The van der Waals surface area contributed by atoms with Gasteiger partial charge in [-0.15, -0.1) is 0 Å². The first-order chi connectivity index (χ1) is 8.33. The maximum absolute atomic E-state index is 11.3. The molecule has 0 fully saturated rings. The van der Waals surface area contributed by atoms with E-state index in [2.05, 4.69) is 5.32 Å². The maximum atomic E-state index is 11.3. The number of hydrogen-bond donors (Lipinski definition) is 2. The Balaban J connectivity index is 2.02. The van der Waals surface area contributed by atoms with E-state index in [9.17, 15) is 4.79 Å². The van der Waals surface area contributed by atoms with E-state index in [1.165, 1.54) is 0 Å². The predicted molar refractivity (Wildman–Crippen MR) is 67.9 cm³/mol. The third kappa shape index (κ3) is 6.58. The van der Waals surface area contributed by atoms with Gasteiger partial charge in [0.25, 0.3) is 0 Å². The summed E-state index contributed by atoms with van der Waals surface area (Å²) in [5, 5.41) is 2.81. The first-order valence-corrected chi connectivity index (χ1v) is 5.97. The van der Waals surface area contributed by atoms with Gasteiger partial charge in [-0.3, -0.25) is 4.79 Å². The zero-order valence-corrected chi connectivity index (χ0v) is 10.0. The molecule has 0 saturated heterocycles. The number of nitrogens with one attached hydrogen (secondary N) is 1. The van der Waals surface area contributed by atoms with Crippen molar-refractivity contribution in [3.8, 4) is 5.75 Å². The summed E-state index contributed by atoms with van der Waals surface area (Å²) in [6.45, 7) is 1.83. The molecule has 0 atom stereocenters. The molecule has 94 valence electrons. The van der Waals surface area contributed by atoms with Crippen molar-refractivity contribution in [3.05, 3.63) is 30.3 Å². The van der Waals surface area contributed by atoms with Crippen molar-refractivity contribution in [1.82, 2.24) is 5.32 Å². The number of carbonyl (C=O) groups is 1. The van der Waals surface area contributed by atoms with Crippen LogP contribution in [0.2, 0.25) is 0 Å². The van der Waals surface area contributed by atoms with Gasteiger partial charge in [0.2, 0.25) is 5.91 Å². The monoisotopic (exact) mass is 236 g/mol. The van der Waals surface area contributed by atoms with Crippen LogP contribution in [-0.4, -0.2) is 25.6 Å². The van der Waals surface area contributed by atoms with Gasteiger partial charge in [0.15, 0.2) is 0 Å². The van der Waals surface area contributed by atoms with E-state index < -0.39 is 0 Å². The van der Waals surface area contributed by atoms with Crippen molar-refractivity contribution in [2.45, 2.75) is 19.3 Å². The van der Waals surface area contributed by atoms with Crippen LogP contribution in [0.15, 0.2) is 30.3 Å². The van der Waals surface area contributed by atoms with Crippen molar-refractivity contribution in [1.29, 1.82) is 0 Å². The van der Waals surface area contributed by atoms with E-state index in [0.29, 0.717) is 26.1 Å². The van der Waals surface area contributed by atoms with Crippen LogP contribution in [0.25, 0.3) is 0 Å². The largest absolute Gasteiger partial charge is 0.494 e. The second-order valence-corrected chi connectivity index (χ2v) is 3.76. The lowest BCUT2D eigenvalue weighted by atomic mass is 10.3. The van der Waals surface area contributed by atoms with Crippen LogP contribution in [0.5, 0.6) is 5.75 Å². The molecule has 0 aromatic heterocycles. The summed E-state index contributed by atoms with van der Waals surface area (Å²) < 4.78 is 5.48. The number of hydrogen-bond acceptors (Lipinski definition) is 3. The number of para-hydroxylation sites is 1. The van der Waals surface area contributed by atoms with E-state index in [-0.39, 0.29) is 5.91 Å². The van der Waals surface area contributed by atoms with Crippen LogP contribution in [0.3, 0.4) is 0 Å². The highest BCUT2D eigenvalue weighted by Crippen LogP contribution is 2.08. The van der Waals surface area contributed by atoms with Crippen LogP contribution in [-0.2, 0) is 4.79 Å². The smallest absolute Gasteiger partial charge is 0.220 e. The lowest BCUT2D eigenvalue weighted by molar-refractivity contribution is -0.121. The van der Waals surface area contributed by atoms with Crippen LogP contribution in [0.1, 0.15) is 19.3 Å². The number of nitrogens with two attached hydrogens (primary N) is 1. The van der Waals surface area contributed by atoms with Gasteiger partial charge in [-0.25, -0.2) is 0 Å². The minimum absolute atomic E-state index is 0.0649. The summed E-state index contributed by atoms with van der Waals surface area (Å²) >= 11 is 0. The van der Waals surface area contributed by atoms with Gasteiger partial charge in [-0.1, -0.05) is 18.2 Å². The molecule has 1 amide bonds. The second kappa shape index (κ2) is 8.58. The molecule has 17 heavy (non-hydrogen) atoms. The van der Waals surface area contributed by atoms with E-state index in [1.807, 2.05) is 30.3 Å². The van der Waals surface area contributed by atoms with Gasteiger partial charge in [0.05, 0.1) is 6.61 Å². The molecule has 0 aliphatic carbocycles. The molecule has 0 bridgehead atoms. The Morgan fingerprint density at radius 3 is 2.71 bits per heavy atom. The van der Waals surface area contributed by atoms with Crippen LogP contribution < -0.4 is 15.8 Å². The molecule has 1 aromatic rings. The molecular formula is C13H20N2O2. The fourth-order valence-corrected chi connectivity index (χ4v) is 1.36. The molecule has 0 saturated carbocycles. The number of ether oxygens (including phenoxy) is 1. The molecule has 0 spiro atoms. The van der Waals surface area contributed by atoms with Crippen molar-refractivity contribution in [3.63, 3.8) is 0 Å². The molecule has 3 N–H and O–H groups in total. The molecule has 4 heteroatoms. The van der Waals surface area contributed by atoms with Crippen molar-refractivity contribution in [2.24, 2.45) is 5.73 Å². The van der Waals surface area contributed by atoms with E-state index in [1.54, 1.807) is 0 Å². The molecule has 0 aliphatic rings. The fraction of sp³-hybridized carbons (Fsp3) is 0.462. The van der Waals surface area contributed by atoms with Gasteiger partial charge in [0, 0.05) is 13.0 Å². The summed E-state index contributed by atoms with van der Waals surface area (Å²) in [5.74, 6) is 0.908. The van der Waals surface area contributed by atoms with Crippen molar-refractivity contribution >= 4 is 5.91 Å². The summed E-state index contributed by atoms with van der Waals surface area (Å²) in [6, 6.07) is 9.60. The van der Waals surface area contributed by atoms with Crippen LogP contribution >= 0.6 is 0 Å². The lowest BCUT2D eigenvalue weighted by Gasteiger charge is -2.06. The minimum Gasteiger partial charge on any atom is -0.494 e. The highest BCUT2D eigenvalue weighted by atomic mass is 16.5. The van der Waals surface area contributed by atoms with Crippen LogP contribution in [0, 0.1) is 0 Å². The van der Waals surface area contributed by atoms with Gasteiger partial charge in [0.1, 0.15) is 5.75 Å². The maximum Gasteiger partial charge on any atom is 0.220 e. The SMILES string of the molecule is NCCCNC(=O)CCCOc1ccccc1. The lowest BCUT2D eigenvalue weighted by Crippen LogP contribution is -2.26. The zero-order valence-electron chi connectivity index (χ0n) is 10.0. The average Bonchev–Trinajstić information content (AvgIpc) is 2.36. The van der Waals surface area contributed by atoms with E-state index in [0.717, 1.165) is 18.6 Å². The Hall–Kier alpha value is -1.55. The quantitative estimate of drug-likeness (QED) is 0.669. The average molecular weight is 236 g/mol. The highest BCUT2D eigenvalue weighted by molar-refractivity contribution is 5.75. The van der Waals surface area contributed by atoms with E-state index >= 15 is 0 Å². The molecule has 0 radical (unpaired) electrons. The fourth-order valence-electron chi connectivity index (χ4n) is 1.36. The number of amides is 1. The normalized spacial score (nSPS) is 9.94. The van der Waals surface area contributed by atoms with Gasteiger partial charge in [-0.05, 0) is 31.5 Å². The van der Waals surface area contributed by atoms with E-state index in [4.69, 9.17) is 10.5 Å².